The van der Waals surface area contributed by atoms with Crippen LogP contribution in [0.15, 0.2) is 0 Å². The molecule has 3 rings (SSSR count). The van der Waals surface area contributed by atoms with E-state index >= 15 is 0 Å². The summed E-state index contributed by atoms with van der Waals surface area (Å²) in [5.41, 5.74) is 0.817. The highest BCUT2D eigenvalue weighted by atomic mass is 32.1. The quantitative estimate of drug-likeness (QED) is 0.782. The molecule has 0 amide bonds. The third-order valence-electron chi connectivity index (χ3n) is 4.49. The van der Waals surface area contributed by atoms with E-state index in [1.165, 1.54) is 25.7 Å². The van der Waals surface area contributed by atoms with E-state index in [1.54, 1.807) is 11.3 Å². The van der Waals surface area contributed by atoms with Gasteiger partial charge in [-0.1, -0.05) is 25.7 Å². The van der Waals surface area contributed by atoms with Gasteiger partial charge in [-0.15, -0.1) is 11.3 Å². The fourth-order valence-corrected chi connectivity index (χ4v) is 4.74. The zero-order valence-electron chi connectivity index (χ0n) is 12.2. The van der Waals surface area contributed by atoms with Crippen LogP contribution < -0.4 is 0 Å². The van der Waals surface area contributed by atoms with Gasteiger partial charge in [0.15, 0.2) is 5.78 Å². The van der Waals surface area contributed by atoms with Crippen molar-refractivity contribution in [1.29, 1.82) is 0 Å². The summed E-state index contributed by atoms with van der Waals surface area (Å²) >= 11 is 1.61. The fourth-order valence-electron chi connectivity index (χ4n) is 3.46. The average molecular weight is 293 g/mol. The minimum atomic E-state index is -0.215. The number of carbonyl (C=O) groups excluding carboxylic acids is 1. The Hall–Kier alpha value is -0.740. The Labute approximate surface area is 124 Å². The molecule has 0 unspecified atom stereocenters. The van der Waals surface area contributed by atoms with E-state index in [1.807, 2.05) is 0 Å². The van der Waals surface area contributed by atoms with E-state index < -0.39 is 0 Å². The number of carbonyl (C=O) groups is 1. The van der Waals surface area contributed by atoms with E-state index in [4.69, 9.17) is 9.72 Å². The van der Waals surface area contributed by atoms with E-state index in [2.05, 4.69) is 6.92 Å². The van der Waals surface area contributed by atoms with Crippen LogP contribution in [0.25, 0.3) is 0 Å². The van der Waals surface area contributed by atoms with E-state index in [0.717, 1.165) is 47.9 Å². The molecule has 0 N–H and O–H groups in total. The second-order valence-electron chi connectivity index (χ2n) is 5.91. The van der Waals surface area contributed by atoms with Crippen LogP contribution in [0.5, 0.6) is 0 Å². The number of ketones is 1. The van der Waals surface area contributed by atoms with Gasteiger partial charge in [0.2, 0.25) is 0 Å². The number of aryl methyl sites for hydroxylation is 1. The number of thiazole rings is 1. The maximum atomic E-state index is 12.0. The number of hydrogen-bond acceptors (Lipinski definition) is 4. The van der Waals surface area contributed by atoms with Gasteiger partial charge in [-0.2, -0.15) is 0 Å². The second kappa shape index (κ2) is 5.94. The van der Waals surface area contributed by atoms with Crippen molar-refractivity contribution in [2.75, 3.05) is 6.61 Å². The molecule has 2 aliphatic carbocycles. The van der Waals surface area contributed by atoms with Crippen LogP contribution in [0, 0.1) is 0 Å². The number of Topliss-reactive ketones (excluding diaryl/α,β-unsaturated/α-hetero) is 1. The first-order valence-corrected chi connectivity index (χ1v) is 8.74. The van der Waals surface area contributed by atoms with Crippen molar-refractivity contribution >= 4 is 17.1 Å². The van der Waals surface area contributed by atoms with Crippen molar-refractivity contribution in [2.24, 2.45) is 0 Å². The number of nitrogens with zero attached hydrogens (tertiary/aromatic N) is 1. The number of hydrogen-bond donors (Lipinski definition) is 0. The molecule has 0 aliphatic heterocycles. The Morgan fingerprint density at radius 3 is 2.55 bits per heavy atom. The fraction of sp³-hybridized carbons (Fsp3) is 0.750. The molecular weight excluding hydrogens is 270 g/mol. The highest BCUT2D eigenvalue weighted by Crippen LogP contribution is 2.43. The predicted molar refractivity (Wildman–Crippen MR) is 80.4 cm³/mol. The lowest BCUT2D eigenvalue weighted by Gasteiger charge is -2.30. The van der Waals surface area contributed by atoms with Gasteiger partial charge in [0, 0.05) is 13.0 Å². The molecule has 1 saturated carbocycles. The molecule has 1 aromatic heterocycles. The highest BCUT2D eigenvalue weighted by molar-refractivity contribution is 7.14. The first-order valence-electron chi connectivity index (χ1n) is 7.92. The van der Waals surface area contributed by atoms with Gasteiger partial charge in [0.1, 0.15) is 10.6 Å². The Morgan fingerprint density at radius 1 is 1.15 bits per heavy atom. The molecule has 3 nitrogen and oxygen atoms in total. The lowest BCUT2D eigenvalue weighted by Crippen LogP contribution is -2.29. The molecule has 0 aromatic carbocycles. The van der Waals surface area contributed by atoms with Crippen molar-refractivity contribution in [3.8, 4) is 0 Å². The molecule has 110 valence electrons. The summed E-state index contributed by atoms with van der Waals surface area (Å²) in [5, 5.41) is 1.07. The lowest BCUT2D eigenvalue weighted by atomic mass is 9.94. The summed E-state index contributed by atoms with van der Waals surface area (Å²) in [4.78, 5) is 17.8. The molecule has 0 spiro atoms. The van der Waals surface area contributed by atoms with Crippen molar-refractivity contribution in [3.05, 3.63) is 15.6 Å². The van der Waals surface area contributed by atoms with Crippen molar-refractivity contribution < 1.29 is 9.53 Å². The summed E-state index contributed by atoms with van der Waals surface area (Å²) in [5.74, 6) is 0.287. The Kier molecular flexibility index (Phi) is 4.22. The normalized spacial score (nSPS) is 22.4. The Balaban J connectivity index is 1.96. The van der Waals surface area contributed by atoms with Crippen LogP contribution in [0.4, 0.5) is 0 Å². The van der Waals surface area contributed by atoms with Crippen LogP contribution in [-0.2, 0) is 16.8 Å². The standard InChI is InChI=1S/C16H23NO2S/c1-2-19-16(10-5-3-4-6-11-16)15-17-12-8-7-9-13(18)14(12)20-15/h2-11H2,1H3. The van der Waals surface area contributed by atoms with E-state index in [0.29, 0.717) is 6.42 Å². The van der Waals surface area contributed by atoms with E-state index in [-0.39, 0.29) is 11.4 Å². The number of aromatic nitrogens is 1. The van der Waals surface area contributed by atoms with Crippen LogP contribution in [-0.4, -0.2) is 17.4 Å². The average Bonchev–Trinajstić information content (AvgIpc) is 2.75. The van der Waals surface area contributed by atoms with Crippen LogP contribution in [0.3, 0.4) is 0 Å². The molecule has 4 heteroatoms. The monoisotopic (exact) mass is 293 g/mol. The second-order valence-corrected chi connectivity index (χ2v) is 6.91. The molecule has 0 bridgehead atoms. The number of fused-ring (bicyclic) bond motifs is 1. The zero-order valence-corrected chi connectivity index (χ0v) is 13.1. The summed E-state index contributed by atoms with van der Waals surface area (Å²) in [6.45, 7) is 2.78. The summed E-state index contributed by atoms with van der Waals surface area (Å²) in [7, 11) is 0. The van der Waals surface area contributed by atoms with Crippen molar-refractivity contribution in [3.63, 3.8) is 0 Å². The third kappa shape index (κ3) is 2.56. The number of rotatable bonds is 3. The van der Waals surface area contributed by atoms with Gasteiger partial charge in [0.25, 0.3) is 0 Å². The van der Waals surface area contributed by atoms with Crippen LogP contribution >= 0.6 is 11.3 Å². The molecule has 1 aromatic rings. The summed E-state index contributed by atoms with van der Waals surface area (Å²) in [6.07, 6.45) is 9.71. The summed E-state index contributed by atoms with van der Waals surface area (Å²) < 4.78 is 6.19. The van der Waals surface area contributed by atoms with Crippen molar-refractivity contribution in [1.82, 2.24) is 4.98 Å². The smallest absolute Gasteiger partial charge is 0.174 e. The number of ether oxygens (including phenoxy) is 1. The van der Waals surface area contributed by atoms with E-state index in [9.17, 15) is 4.79 Å². The Bertz CT molecular complexity index is 487. The SMILES string of the molecule is CCOC1(c2nc3c(s2)C(=O)CCC3)CCCCCC1. The highest BCUT2D eigenvalue weighted by Gasteiger charge is 2.38. The van der Waals surface area contributed by atoms with Crippen LogP contribution in [0.2, 0.25) is 0 Å². The molecule has 1 heterocycles. The van der Waals surface area contributed by atoms with Gasteiger partial charge >= 0.3 is 0 Å². The van der Waals surface area contributed by atoms with Crippen LogP contribution in [0.1, 0.15) is 78.7 Å². The topological polar surface area (TPSA) is 39.2 Å². The minimum Gasteiger partial charge on any atom is -0.368 e. The Morgan fingerprint density at radius 2 is 1.90 bits per heavy atom. The zero-order chi connectivity index (χ0) is 14.0. The first kappa shape index (κ1) is 14.2. The van der Waals surface area contributed by atoms with Gasteiger partial charge in [-0.05, 0) is 32.6 Å². The van der Waals surface area contributed by atoms with Gasteiger partial charge in [-0.3, -0.25) is 4.79 Å². The van der Waals surface area contributed by atoms with Gasteiger partial charge in [-0.25, -0.2) is 4.98 Å². The maximum absolute atomic E-state index is 12.0. The van der Waals surface area contributed by atoms with Gasteiger partial charge in [0.05, 0.1) is 10.6 Å². The molecule has 0 atom stereocenters. The minimum absolute atomic E-state index is 0.215. The molecule has 20 heavy (non-hydrogen) atoms. The maximum Gasteiger partial charge on any atom is 0.174 e. The van der Waals surface area contributed by atoms with Gasteiger partial charge < -0.3 is 4.74 Å². The third-order valence-corrected chi connectivity index (χ3v) is 5.81. The molecule has 2 aliphatic rings. The molecule has 0 saturated heterocycles. The molecule has 0 radical (unpaired) electrons. The lowest BCUT2D eigenvalue weighted by molar-refractivity contribution is -0.0560. The first-order chi connectivity index (χ1) is 9.75. The largest absolute Gasteiger partial charge is 0.368 e. The summed E-state index contributed by atoms with van der Waals surface area (Å²) in [6, 6.07) is 0. The molecule has 1 fully saturated rings. The predicted octanol–water partition coefficient (Wildman–Crippen LogP) is 4.25. The van der Waals surface area contributed by atoms with Crippen molar-refractivity contribution in [2.45, 2.75) is 70.3 Å². The molecular formula is C16H23NO2S.